The van der Waals surface area contributed by atoms with Gasteiger partial charge in [-0.05, 0) is 30.0 Å². The van der Waals surface area contributed by atoms with E-state index < -0.39 is 0 Å². The van der Waals surface area contributed by atoms with Crippen molar-refractivity contribution in [2.75, 3.05) is 13.7 Å². The van der Waals surface area contributed by atoms with Crippen LogP contribution in [0.1, 0.15) is 19.4 Å². The number of methoxy groups -OCH3 is 1. The number of thiol groups is 1. The summed E-state index contributed by atoms with van der Waals surface area (Å²) in [4.78, 5) is 11.7. The van der Waals surface area contributed by atoms with Crippen molar-refractivity contribution in [3.8, 4) is 5.75 Å². The van der Waals surface area contributed by atoms with Gasteiger partial charge >= 0.3 is 0 Å². The monoisotopic (exact) mass is 267 g/mol. The first-order valence-electron chi connectivity index (χ1n) is 6.13. The number of rotatable bonds is 6. The molecule has 1 unspecified atom stereocenters. The van der Waals surface area contributed by atoms with Gasteiger partial charge in [-0.2, -0.15) is 12.6 Å². The molecule has 1 atom stereocenters. The molecule has 18 heavy (non-hydrogen) atoms. The maximum absolute atomic E-state index is 11.7. The van der Waals surface area contributed by atoms with E-state index in [1.165, 1.54) is 0 Å². The number of ether oxygens (including phenoxy) is 1. The van der Waals surface area contributed by atoms with Crippen LogP contribution >= 0.6 is 12.6 Å². The van der Waals surface area contributed by atoms with Gasteiger partial charge in [-0.1, -0.05) is 26.0 Å². The standard InChI is InChI=1S/C14H21NO2S/c1-10(2)13(18)14(16)15-8-7-11-5-4-6-12(9-11)17-3/h4-6,9-10,13,18H,7-8H2,1-3H3,(H,15,16). The molecule has 0 heterocycles. The van der Waals surface area contributed by atoms with Crippen molar-refractivity contribution in [1.82, 2.24) is 5.32 Å². The van der Waals surface area contributed by atoms with Gasteiger partial charge in [0.1, 0.15) is 5.75 Å². The number of hydrogen-bond acceptors (Lipinski definition) is 3. The summed E-state index contributed by atoms with van der Waals surface area (Å²) >= 11 is 4.28. The summed E-state index contributed by atoms with van der Waals surface area (Å²) in [5.74, 6) is 1.08. The van der Waals surface area contributed by atoms with Gasteiger partial charge in [-0.15, -0.1) is 0 Å². The maximum Gasteiger partial charge on any atom is 0.233 e. The molecule has 1 amide bonds. The topological polar surface area (TPSA) is 38.3 Å². The molecule has 100 valence electrons. The van der Waals surface area contributed by atoms with Crippen LogP contribution in [-0.4, -0.2) is 24.8 Å². The van der Waals surface area contributed by atoms with E-state index in [1.54, 1.807) is 7.11 Å². The number of benzene rings is 1. The number of carbonyl (C=O) groups excluding carboxylic acids is 1. The molecule has 0 aliphatic heterocycles. The largest absolute Gasteiger partial charge is 0.497 e. The molecule has 1 aromatic rings. The molecule has 0 spiro atoms. The average Bonchev–Trinajstić information content (AvgIpc) is 2.37. The zero-order chi connectivity index (χ0) is 13.5. The number of carbonyl (C=O) groups is 1. The highest BCUT2D eigenvalue weighted by Gasteiger charge is 2.16. The fraction of sp³-hybridized carbons (Fsp3) is 0.500. The molecule has 1 aromatic carbocycles. The molecule has 0 fully saturated rings. The molecule has 3 nitrogen and oxygen atoms in total. The highest BCUT2D eigenvalue weighted by Crippen LogP contribution is 2.13. The van der Waals surface area contributed by atoms with E-state index in [1.807, 2.05) is 38.1 Å². The molecule has 0 radical (unpaired) electrons. The van der Waals surface area contributed by atoms with Crippen LogP contribution in [0.4, 0.5) is 0 Å². The lowest BCUT2D eigenvalue weighted by molar-refractivity contribution is -0.121. The van der Waals surface area contributed by atoms with Crippen LogP contribution in [0, 0.1) is 5.92 Å². The Morgan fingerprint density at radius 3 is 2.78 bits per heavy atom. The van der Waals surface area contributed by atoms with Crippen molar-refractivity contribution in [2.24, 2.45) is 5.92 Å². The van der Waals surface area contributed by atoms with Crippen LogP contribution in [0.15, 0.2) is 24.3 Å². The van der Waals surface area contributed by atoms with E-state index >= 15 is 0 Å². The third-order valence-corrected chi connectivity index (χ3v) is 3.58. The minimum absolute atomic E-state index is 0.00349. The van der Waals surface area contributed by atoms with Crippen LogP contribution < -0.4 is 10.1 Å². The summed E-state index contributed by atoms with van der Waals surface area (Å²) in [6.45, 7) is 4.59. The summed E-state index contributed by atoms with van der Waals surface area (Å²) < 4.78 is 5.15. The highest BCUT2D eigenvalue weighted by atomic mass is 32.1. The fourth-order valence-corrected chi connectivity index (χ4v) is 1.66. The van der Waals surface area contributed by atoms with Gasteiger partial charge in [0.25, 0.3) is 0 Å². The first-order chi connectivity index (χ1) is 8.54. The van der Waals surface area contributed by atoms with Crippen LogP contribution in [-0.2, 0) is 11.2 Å². The summed E-state index contributed by atoms with van der Waals surface area (Å²) in [7, 11) is 1.65. The van der Waals surface area contributed by atoms with E-state index in [0.29, 0.717) is 6.54 Å². The van der Waals surface area contributed by atoms with Crippen molar-refractivity contribution in [3.05, 3.63) is 29.8 Å². The van der Waals surface area contributed by atoms with Gasteiger partial charge < -0.3 is 10.1 Å². The Morgan fingerprint density at radius 1 is 1.44 bits per heavy atom. The van der Waals surface area contributed by atoms with E-state index in [4.69, 9.17) is 4.74 Å². The molecule has 1 rings (SSSR count). The Hall–Kier alpha value is -1.16. The Bertz CT molecular complexity index is 393. The van der Waals surface area contributed by atoms with Gasteiger partial charge in [0, 0.05) is 6.54 Å². The lowest BCUT2D eigenvalue weighted by Gasteiger charge is -2.14. The maximum atomic E-state index is 11.7. The quantitative estimate of drug-likeness (QED) is 0.776. The van der Waals surface area contributed by atoms with E-state index in [0.717, 1.165) is 17.7 Å². The fourth-order valence-electron chi connectivity index (χ4n) is 1.57. The van der Waals surface area contributed by atoms with Crippen molar-refractivity contribution >= 4 is 18.5 Å². The molecular formula is C14H21NO2S. The predicted molar refractivity (Wildman–Crippen MR) is 77.3 cm³/mol. The number of amides is 1. The minimum atomic E-state index is -0.240. The molecule has 0 saturated heterocycles. The van der Waals surface area contributed by atoms with Crippen molar-refractivity contribution < 1.29 is 9.53 Å². The van der Waals surface area contributed by atoms with Crippen LogP contribution in [0.3, 0.4) is 0 Å². The summed E-state index contributed by atoms with van der Waals surface area (Å²) in [5.41, 5.74) is 1.15. The van der Waals surface area contributed by atoms with Gasteiger partial charge in [0.05, 0.1) is 12.4 Å². The molecule has 0 aliphatic carbocycles. The second-order valence-corrected chi connectivity index (χ2v) is 5.14. The molecule has 4 heteroatoms. The third-order valence-electron chi connectivity index (χ3n) is 2.75. The molecule has 0 aliphatic rings. The lowest BCUT2D eigenvalue weighted by atomic mass is 10.1. The molecular weight excluding hydrogens is 246 g/mol. The summed E-state index contributed by atoms with van der Waals surface area (Å²) in [6.07, 6.45) is 0.793. The molecule has 0 saturated carbocycles. The second-order valence-electron chi connectivity index (χ2n) is 4.58. The predicted octanol–water partition coefficient (Wildman–Crippen LogP) is 2.31. The van der Waals surface area contributed by atoms with Gasteiger partial charge in [0.2, 0.25) is 5.91 Å². The van der Waals surface area contributed by atoms with E-state index in [2.05, 4.69) is 17.9 Å². The van der Waals surface area contributed by atoms with Crippen LogP contribution in [0.25, 0.3) is 0 Å². The Labute approximate surface area is 114 Å². The molecule has 0 bridgehead atoms. The summed E-state index contributed by atoms with van der Waals surface area (Å²) in [6, 6.07) is 7.86. The Kier molecular flexibility index (Phi) is 6.05. The van der Waals surface area contributed by atoms with Gasteiger partial charge in [-0.25, -0.2) is 0 Å². The molecule has 1 N–H and O–H groups in total. The van der Waals surface area contributed by atoms with Crippen molar-refractivity contribution in [3.63, 3.8) is 0 Å². The smallest absolute Gasteiger partial charge is 0.233 e. The van der Waals surface area contributed by atoms with Crippen LogP contribution in [0.5, 0.6) is 5.75 Å². The van der Waals surface area contributed by atoms with Crippen LogP contribution in [0.2, 0.25) is 0 Å². The van der Waals surface area contributed by atoms with Gasteiger partial charge in [-0.3, -0.25) is 4.79 Å². The summed E-state index contributed by atoms with van der Waals surface area (Å²) in [5, 5.41) is 2.65. The highest BCUT2D eigenvalue weighted by molar-refractivity contribution is 7.81. The zero-order valence-electron chi connectivity index (χ0n) is 11.1. The minimum Gasteiger partial charge on any atom is -0.497 e. The zero-order valence-corrected chi connectivity index (χ0v) is 12.0. The Morgan fingerprint density at radius 2 is 2.17 bits per heavy atom. The van der Waals surface area contributed by atoms with E-state index in [-0.39, 0.29) is 17.1 Å². The lowest BCUT2D eigenvalue weighted by Crippen LogP contribution is -2.35. The third kappa shape index (κ3) is 4.61. The van der Waals surface area contributed by atoms with Gasteiger partial charge in [0.15, 0.2) is 0 Å². The molecule has 0 aromatic heterocycles. The van der Waals surface area contributed by atoms with Crippen molar-refractivity contribution in [2.45, 2.75) is 25.5 Å². The number of hydrogen-bond donors (Lipinski definition) is 2. The Balaban J connectivity index is 2.39. The average molecular weight is 267 g/mol. The first-order valence-corrected chi connectivity index (χ1v) is 6.65. The van der Waals surface area contributed by atoms with Crippen molar-refractivity contribution in [1.29, 1.82) is 0 Å². The SMILES string of the molecule is COc1cccc(CCNC(=O)C(S)C(C)C)c1. The second kappa shape index (κ2) is 7.31. The first kappa shape index (κ1) is 14.9. The normalized spacial score (nSPS) is 12.3. The van der Waals surface area contributed by atoms with E-state index in [9.17, 15) is 4.79 Å². The number of nitrogens with one attached hydrogen (secondary N) is 1.